The highest BCUT2D eigenvalue weighted by molar-refractivity contribution is 5.79. The van der Waals surface area contributed by atoms with Crippen LogP contribution >= 0.6 is 0 Å². The number of carbonyl (C=O) groups is 1. The van der Waals surface area contributed by atoms with Gasteiger partial charge >= 0.3 is 0 Å². The molecule has 0 saturated heterocycles. The van der Waals surface area contributed by atoms with Crippen molar-refractivity contribution in [1.29, 1.82) is 0 Å². The molecule has 0 aromatic heterocycles. The van der Waals surface area contributed by atoms with Crippen molar-refractivity contribution in [2.75, 3.05) is 13.6 Å². The van der Waals surface area contributed by atoms with Gasteiger partial charge in [0.2, 0.25) is 5.91 Å². The number of likely N-dealkylation sites (N-methyl/N-ethyl adjacent to an activating group) is 1. The first kappa shape index (κ1) is 16.0. The lowest BCUT2D eigenvalue weighted by molar-refractivity contribution is -0.134. The minimum absolute atomic E-state index is 0.0428. The van der Waals surface area contributed by atoms with Crippen LogP contribution in [0.1, 0.15) is 44.2 Å². The van der Waals surface area contributed by atoms with Crippen molar-refractivity contribution in [1.82, 2.24) is 4.90 Å². The van der Waals surface area contributed by atoms with E-state index in [4.69, 9.17) is 5.73 Å². The van der Waals surface area contributed by atoms with Crippen LogP contribution < -0.4 is 5.73 Å². The van der Waals surface area contributed by atoms with Crippen molar-refractivity contribution in [2.24, 2.45) is 11.7 Å². The van der Waals surface area contributed by atoms with Gasteiger partial charge in [-0.15, -0.1) is 0 Å². The van der Waals surface area contributed by atoms with E-state index in [1.807, 2.05) is 11.9 Å². The maximum atomic E-state index is 12.5. The summed E-state index contributed by atoms with van der Waals surface area (Å²) in [5.41, 5.74) is 8.42. The highest BCUT2D eigenvalue weighted by atomic mass is 16.2. The van der Waals surface area contributed by atoms with Gasteiger partial charge in [0.1, 0.15) is 0 Å². The number of rotatable bonds is 4. The summed E-state index contributed by atoms with van der Waals surface area (Å²) in [7, 11) is 1.92. The summed E-state index contributed by atoms with van der Waals surface area (Å²) in [6.07, 6.45) is 2.76. The normalized spacial score (nSPS) is 22.3. The van der Waals surface area contributed by atoms with E-state index in [0.717, 1.165) is 25.8 Å². The third-order valence-corrected chi connectivity index (χ3v) is 4.66. The Balaban J connectivity index is 2.01. The van der Waals surface area contributed by atoms with Crippen molar-refractivity contribution < 1.29 is 4.79 Å². The molecule has 0 aliphatic heterocycles. The topological polar surface area (TPSA) is 46.3 Å². The predicted molar refractivity (Wildman–Crippen MR) is 87.2 cm³/mol. The fraction of sp³-hybridized carbons (Fsp3) is 0.611. The third-order valence-electron chi connectivity index (χ3n) is 4.66. The van der Waals surface area contributed by atoms with Gasteiger partial charge in [-0.05, 0) is 31.7 Å². The van der Waals surface area contributed by atoms with Crippen molar-refractivity contribution in [3.8, 4) is 0 Å². The zero-order chi connectivity index (χ0) is 15.6. The van der Waals surface area contributed by atoms with E-state index in [9.17, 15) is 4.79 Å². The molecule has 1 aromatic rings. The number of benzene rings is 1. The van der Waals surface area contributed by atoms with Crippen LogP contribution in [0.4, 0.5) is 0 Å². The average molecular weight is 288 g/mol. The molecule has 1 aromatic carbocycles. The Bertz CT molecular complexity index is 492. The molecule has 2 N–H and O–H groups in total. The number of nitrogens with two attached hydrogens (primary N) is 1. The summed E-state index contributed by atoms with van der Waals surface area (Å²) in [4.78, 5) is 14.4. The van der Waals surface area contributed by atoms with E-state index in [-0.39, 0.29) is 23.3 Å². The summed E-state index contributed by atoms with van der Waals surface area (Å²) in [5.74, 6) is 0.377. The number of nitrogens with zero attached hydrogens (tertiary/aromatic N) is 1. The Morgan fingerprint density at radius 1 is 1.29 bits per heavy atom. The molecule has 1 saturated carbocycles. The Morgan fingerprint density at radius 3 is 2.43 bits per heavy atom. The summed E-state index contributed by atoms with van der Waals surface area (Å²) < 4.78 is 0. The van der Waals surface area contributed by atoms with E-state index in [1.54, 1.807) is 0 Å². The molecule has 2 rings (SSSR count). The van der Waals surface area contributed by atoms with E-state index in [2.05, 4.69) is 45.0 Å². The van der Waals surface area contributed by atoms with Gasteiger partial charge in [0.05, 0.1) is 0 Å². The van der Waals surface area contributed by atoms with E-state index in [0.29, 0.717) is 0 Å². The lowest BCUT2D eigenvalue weighted by Gasteiger charge is -2.32. The standard InChI is InChI=1S/C18H28N2O/c1-13-5-8-15(9-6-13)18(2,3)12-20(4)17(21)14-7-10-16(19)11-14/h5-6,8-9,14,16H,7,10-12,19H2,1-4H3. The van der Waals surface area contributed by atoms with Gasteiger partial charge < -0.3 is 10.6 Å². The van der Waals surface area contributed by atoms with Crippen LogP contribution in [0.2, 0.25) is 0 Å². The average Bonchev–Trinajstić information content (AvgIpc) is 2.84. The van der Waals surface area contributed by atoms with Crippen LogP contribution in [0.5, 0.6) is 0 Å². The number of hydrogen-bond acceptors (Lipinski definition) is 2. The SMILES string of the molecule is Cc1ccc(C(C)(C)CN(C)C(=O)C2CCC(N)C2)cc1. The first-order valence-corrected chi connectivity index (χ1v) is 7.87. The highest BCUT2D eigenvalue weighted by Crippen LogP contribution is 2.28. The van der Waals surface area contributed by atoms with Crippen LogP contribution in [0.25, 0.3) is 0 Å². The van der Waals surface area contributed by atoms with Gasteiger partial charge in [-0.1, -0.05) is 43.7 Å². The summed E-state index contributed by atoms with van der Waals surface area (Å²) in [5, 5.41) is 0. The predicted octanol–water partition coefficient (Wildman–Crippen LogP) is 2.86. The first-order chi connectivity index (χ1) is 9.79. The molecular formula is C18H28N2O. The highest BCUT2D eigenvalue weighted by Gasteiger charge is 2.32. The third kappa shape index (κ3) is 3.85. The zero-order valence-corrected chi connectivity index (χ0v) is 13.7. The lowest BCUT2D eigenvalue weighted by Crippen LogP contribution is -2.41. The fourth-order valence-corrected chi connectivity index (χ4v) is 3.32. The molecule has 1 fully saturated rings. The molecule has 116 valence electrons. The molecule has 0 radical (unpaired) electrons. The van der Waals surface area contributed by atoms with Crippen LogP contribution in [0.3, 0.4) is 0 Å². The molecule has 1 amide bonds. The molecule has 1 aliphatic rings. The molecule has 0 heterocycles. The van der Waals surface area contributed by atoms with Crippen LogP contribution in [-0.2, 0) is 10.2 Å². The zero-order valence-electron chi connectivity index (χ0n) is 13.7. The molecule has 0 spiro atoms. The Hall–Kier alpha value is -1.35. The summed E-state index contributed by atoms with van der Waals surface area (Å²) in [6, 6.07) is 8.81. The minimum atomic E-state index is -0.0428. The van der Waals surface area contributed by atoms with E-state index >= 15 is 0 Å². The second-order valence-electron chi connectivity index (χ2n) is 7.21. The summed E-state index contributed by atoms with van der Waals surface area (Å²) in [6.45, 7) is 7.22. The molecule has 2 atom stereocenters. The maximum absolute atomic E-state index is 12.5. The van der Waals surface area contributed by atoms with Crippen molar-refractivity contribution in [2.45, 2.75) is 51.5 Å². The molecule has 3 heteroatoms. The van der Waals surface area contributed by atoms with E-state index < -0.39 is 0 Å². The number of aryl methyl sites for hydroxylation is 1. The second-order valence-corrected chi connectivity index (χ2v) is 7.21. The number of amides is 1. The van der Waals surface area contributed by atoms with Gasteiger partial charge in [-0.2, -0.15) is 0 Å². The van der Waals surface area contributed by atoms with Gasteiger partial charge in [0, 0.05) is 31.0 Å². The second kappa shape index (κ2) is 6.18. The quantitative estimate of drug-likeness (QED) is 0.926. The minimum Gasteiger partial charge on any atom is -0.345 e. The Kier molecular flexibility index (Phi) is 4.72. The maximum Gasteiger partial charge on any atom is 0.225 e. The van der Waals surface area contributed by atoms with Crippen LogP contribution in [0, 0.1) is 12.8 Å². The van der Waals surface area contributed by atoms with Crippen LogP contribution in [0.15, 0.2) is 24.3 Å². The Morgan fingerprint density at radius 2 is 1.90 bits per heavy atom. The van der Waals surface area contributed by atoms with Gasteiger partial charge in [0.25, 0.3) is 0 Å². The van der Waals surface area contributed by atoms with Gasteiger partial charge in [-0.3, -0.25) is 4.79 Å². The number of hydrogen-bond donors (Lipinski definition) is 1. The van der Waals surface area contributed by atoms with Crippen molar-refractivity contribution in [3.05, 3.63) is 35.4 Å². The number of carbonyl (C=O) groups excluding carboxylic acids is 1. The van der Waals surface area contributed by atoms with Gasteiger partial charge in [-0.25, -0.2) is 0 Å². The monoisotopic (exact) mass is 288 g/mol. The van der Waals surface area contributed by atoms with Gasteiger partial charge in [0.15, 0.2) is 0 Å². The van der Waals surface area contributed by atoms with E-state index in [1.165, 1.54) is 11.1 Å². The molecule has 21 heavy (non-hydrogen) atoms. The smallest absolute Gasteiger partial charge is 0.225 e. The van der Waals surface area contributed by atoms with Crippen molar-refractivity contribution >= 4 is 5.91 Å². The molecule has 2 unspecified atom stereocenters. The largest absolute Gasteiger partial charge is 0.345 e. The molecule has 3 nitrogen and oxygen atoms in total. The van der Waals surface area contributed by atoms with Crippen LogP contribution in [-0.4, -0.2) is 30.4 Å². The molecule has 0 bridgehead atoms. The molecular weight excluding hydrogens is 260 g/mol. The summed E-state index contributed by atoms with van der Waals surface area (Å²) >= 11 is 0. The Labute approximate surface area is 128 Å². The first-order valence-electron chi connectivity index (χ1n) is 7.87. The molecule has 1 aliphatic carbocycles. The van der Waals surface area contributed by atoms with Crippen molar-refractivity contribution in [3.63, 3.8) is 0 Å². The lowest BCUT2D eigenvalue weighted by atomic mass is 9.83. The fourth-order valence-electron chi connectivity index (χ4n) is 3.32.